The third-order valence-electron chi connectivity index (χ3n) is 2.67. The number of carboxylic acids is 1. The zero-order chi connectivity index (χ0) is 15.3. The molecule has 6 nitrogen and oxygen atoms in total. The van der Waals surface area contributed by atoms with Gasteiger partial charge < -0.3 is 15.2 Å². The van der Waals surface area contributed by atoms with E-state index in [-0.39, 0.29) is 11.7 Å². The number of carboxylic acid groups (broad SMARTS) is 1. The average molecular weight is 300 g/mol. The highest BCUT2D eigenvalue weighted by atomic mass is 32.1. The van der Waals surface area contributed by atoms with Crippen molar-refractivity contribution in [1.82, 2.24) is 5.32 Å². The Morgan fingerprint density at radius 3 is 2.55 bits per heavy atom. The van der Waals surface area contributed by atoms with Crippen molar-refractivity contribution in [1.29, 1.82) is 0 Å². The molecule has 0 aromatic carbocycles. The molecule has 7 heteroatoms. The SMILES string of the molecule is Cc1sc(NC(=O)NCCOC(C)C)c(C(=O)O)c1C. The van der Waals surface area contributed by atoms with Gasteiger partial charge in [-0.1, -0.05) is 0 Å². The number of aryl methyl sites for hydroxylation is 1. The second-order valence-corrected chi connectivity index (χ2v) is 5.82. The molecular formula is C13H20N2O4S. The van der Waals surface area contributed by atoms with Gasteiger partial charge in [-0.25, -0.2) is 9.59 Å². The molecule has 0 saturated heterocycles. The van der Waals surface area contributed by atoms with Gasteiger partial charge in [-0.15, -0.1) is 11.3 Å². The molecule has 1 rings (SSSR count). The number of ether oxygens (including phenoxy) is 1. The monoisotopic (exact) mass is 300 g/mol. The van der Waals surface area contributed by atoms with E-state index in [1.807, 2.05) is 20.8 Å². The maximum Gasteiger partial charge on any atom is 0.338 e. The summed E-state index contributed by atoms with van der Waals surface area (Å²) in [4.78, 5) is 23.8. The van der Waals surface area contributed by atoms with Crippen LogP contribution in [0.3, 0.4) is 0 Å². The maximum atomic E-state index is 11.7. The van der Waals surface area contributed by atoms with Crippen molar-refractivity contribution in [3.8, 4) is 0 Å². The standard InChI is InChI=1S/C13H20N2O4S/c1-7(2)19-6-5-14-13(18)15-11-10(12(16)17)8(3)9(4)20-11/h7H,5-6H2,1-4H3,(H,16,17)(H2,14,15,18). The van der Waals surface area contributed by atoms with Crippen LogP contribution in [0.4, 0.5) is 9.80 Å². The molecule has 0 aliphatic carbocycles. The fraction of sp³-hybridized carbons (Fsp3) is 0.538. The molecule has 3 N–H and O–H groups in total. The summed E-state index contributed by atoms with van der Waals surface area (Å²) in [6, 6.07) is -0.430. The lowest BCUT2D eigenvalue weighted by Crippen LogP contribution is -2.32. The normalized spacial score (nSPS) is 10.7. The number of thiophene rings is 1. The van der Waals surface area contributed by atoms with Crippen molar-refractivity contribution >= 4 is 28.3 Å². The number of hydrogen-bond acceptors (Lipinski definition) is 4. The van der Waals surface area contributed by atoms with Gasteiger partial charge in [-0.3, -0.25) is 5.32 Å². The Hall–Kier alpha value is -1.60. The van der Waals surface area contributed by atoms with Crippen LogP contribution in [0.5, 0.6) is 0 Å². The fourth-order valence-electron chi connectivity index (χ4n) is 1.58. The summed E-state index contributed by atoms with van der Waals surface area (Å²) >= 11 is 1.26. The molecule has 112 valence electrons. The summed E-state index contributed by atoms with van der Waals surface area (Å²) in [6.45, 7) is 8.17. The number of aromatic carboxylic acids is 1. The Morgan fingerprint density at radius 1 is 1.35 bits per heavy atom. The van der Waals surface area contributed by atoms with Gasteiger partial charge in [0.2, 0.25) is 0 Å². The smallest absolute Gasteiger partial charge is 0.338 e. The van der Waals surface area contributed by atoms with Gasteiger partial charge >= 0.3 is 12.0 Å². The number of amides is 2. The maximum absolute atomic E-state index is 11.7. The van der Waals surface area contributed by atoms with Gasteiger partial charge in [0.1, 0.15) is 5.00 Å². The lowest BCUT2D eigenvalue weighted by molar-refractivity contribution is 0.0697. The highest BCUT2D eigenvalue weighted by Gasteiger charge is 2.20. The predicted octanol–water partition coefficient (Wildman–Crippen LogP) is 2.61. The second kappa shape index (κ2) is 7.25. The summed E-state index contributed by atoms with van der Waals surface area (Å²) in [5, 5.41) is 14.7. The third kappa shape index (κ3) is 4.50. The van der Waals surface area contributed by atoms with E-state index in [0.717, 1.165) is 4.88 Å². The number of urea groups is 1. The van der Waals surface area contributed by atoms with E-state index in [1.54, 1.807) is 6.92 Å². The number of carbonyl (C=O) groups is 2. The highest BCUT2D eigenvalue weighted by molar-refractivity contribution is 7.16. The van der Waals surface area contributed by atoms with Crippen LogP contribution in [0.1, 0.15) is 34.6 Å². The minimum Gasteiger partial charge on any atom is -0.478 e. The van der Waals surface area contributed by atoms with Crippen LogP contribution in [0, 0.1) is 13.8 Å². The molecular weight excluding hydrogens is 280 g/mol. The minimum atomic E-state index is -1.04. The first-order chi connectivity index (χ1) is 9.32. The molecule has 0 aliphatic heterocycles. The van der Waals surface area contributed by atoms with Crippen molar-refractivity contribution in [3.05, 3.63) is 16.0 Å². The summed E-state index contributed by atoms with van der Waals surface area (Å²) in [5.74, 6) is -1.04. The molecule has 0 unspecified atom stereocenters. The molecule has 1 aromatic heterocycles. The van der Waals surface area contributed by atoms with Gasteiger partial charge in [0.05, 0.1) is 18.3 Å². The van der Waals surface area contributed by atoms with Gasteiger partial charge in [0.15, 0.2) is 0 Å². The molecule has 0 bridgehead atoms. The zero-order valence-corrected chi connectivity index (χ0v) is 12.9. The van der Waals surface area contributed by atoms with Crippen molar-refractivity contribution < 1.29 is 19.4 Å². The molecule has 0 fully saturated rings. The van der Waals surface area contributed by atoms with E-state index in [2.05, 4.69) is 10.6 Å². The molecule has 1 heterocycles. The van der Waals surface area contributed by atoms with Gasteiger partial charge in [0, 0.05) is 11.4 Å². The van der Waals surface area contributed by atoms with Crippen LogP contribution in [0.15, 0.2) is 0 Å². The fourth-order valence-corrected chi connectivity index (χ4v) is 2.63. The first kappa shape index (κ1) is 16.5. The number of hydrogen-bond donors (Lipinski definition) is 3. The molecule has 2 amide bonds. The third-order valence-corrected chi connectivity index (χ3v) is 3.79. The molecule has 0 atom stereocenters. The van der Waals surface area contributed by atoms with E-state index < -0.39 is 12.0 Å². The molecule has 0 saturated carbocycles. The minimum absolute atomic E-state index is 0.112. The van der Waals surface area contributed by atoms with Crippen molar-refractivity contribution in [3.63, 3.8) is 0 Å². The largest absolute Gasteiger partial charge is 0.478 e. The second-order valence-electron chi connectivity index (χ2n) is 4.59. The number of anilines is 1. The lowest BCUT2D eigenvalue weighted by atomic mass is 10.1. The Morgan fingerprint density at radius 2 is 2.00 bits per heavy atom. The average Bonchev–Trinajstić information content (AvgIpc) is 2.60. The van der Waals surface area contributed by atoms with Gasteiger partial charge in [-0.05, 0) is 33.3 Å². The molecule has 20 heavy (non-hydrogen) atoms. The molecule has 1 aromatic rings. The predicted molar refractivity (Wildman–Crippen MR) is 78.9 cm³/mol. The van der Waals surface area contributed by atoms with E-state index in [0.29, 0.717) is 23.7 Å². The summed E-state index contributed by atoms with van der Waals surface area (Å²) < 4.78 is 5.29. The van der Waals surface area contributed by atoms with E-state index >= 15 is 0 Å². The summed E-state index contributed by atoms with van der Waals surface area (Å²) in [6.07, 6.45) is 0.112. The van der Waals surface area contributed by atoms with Gasteiger partial charge in [0.25, 0.3) is 0 Å². The quantitative estimate of drug-likeness (QED) is 0.705. The number of rotatable bonds is 6. The van der Waals surface area contributed by atoms with Crippen LogP contribution < -0.4 is 10.6 Å². The Kier molecular flexibility index (Phi) is 5.97. The summed E-state index contributed by atoms with van der Waals surface area (Å²) in [7, 11) is 0. The van der Waals surface area contributed by atoms with Crippen LogP contribution >= 0.6 is 11.3 Å². The van der Waals surface area contributed by atoms with Crippen molar-refractivity contribution in [2.75, 3.05) is 18.5 Å². The van der Waals surface area contributed by atoms with Crippen LogP contribution in [-0.2, 0) is 4.74 Å². The molecule has 0 aliphatic rings. The highest BCUT2D eigenvalue weighted by Crippen LogP contribution is 2.32. The Labute approximate surface area is 122 Å². The Bertz CT molecular complexity index is 497. The van der Waals surface area contributed by atoms with Crippen molar-refractivity contribution in [2.45, 2.75) is 33.8 Å². The number of nitrogens with one attached hydrogen (secondary N) is 2. The molecule has 0 spiro atoms. The van der Waals surface area contributed by atoms with Crippen molar-refractivity contribution in [2.24, 2.45) is 0 Å². The first-order valence-corrected chi connectivity index (χ1v) is 7.14. The van der Waals surface area contributed by atoms with Crippen LogP contribution in [-0.4, -0.2) is 36.4 Å². The topological polar surface area (TPSA) is 87.7 Å². The van der Waals surface area contributed by atoms with E-state index in [9.17, 15) is 9.59 Å². The molecule has 0 radical (unpaired) electrons. The first-order valence-electron chi connectivity index (χ1n) is 6.32. The van der Waals surface area contributed by atoms with Crippen LogP contribution in [0.2, 0.25) is 0 Å². The van der Waals surface area contributed by atoms with E-state index in [4.69, 9.17) is 9.84 Å². The lowest BCUT2D eigenvalue weighted by Gasteiger charge is -2.09. The number of carbonyl (C=O) groups excluding carboxylic acids is 1. The van der Waals surface area contributed by atoms with Crippen LogP contribution in [0.25, 0.3) is 0 Å². The van der Waals surface area contributed by atoms with Gasteiger partial charge in [-0.2, -0.15) is 0 Å². The summed E-state index contributed by atoms with van der Waals surface area (Å²) in [5.41, 5.74) is 0.835. The van der Waals surface area contributed by atoms with E-state index in [1.165, 1.54) is 11.3 Å². The Balaban J connectivity index is 2.58. The zero-order valence-electron chi connectivity index (χ0n) is 12.1.